The van der Waals surface area contributed by atoms with Crippen LogP contribution in [0.2, 0.25) is 0 Å². The zero-order chi connectivity index (χ0) is 19.6. The standard InChI is InChI=1S/C19H25N3O5/c1-2-3-7-11-14(20)15(10-6-4-5-8-12(10)24)22-19(21-11)18-17(26)16(25)13(9-23)27-18/h4-6,8,13,16-18,23-26H,2-3,7,9,20H2,1H3/t13-,16-,17-,18-/m1/s1. The molecule has 3 rings (SSSR count). The van der Waals surface area contributed by atoms with Crippen molar-refractivity contribution in [3.63, 3.8) is 0 Å². The van der Waals surface area contributed by atoms with Gasteiger partial charge in [0.25, 0.3) is 0 Å². The molecule has 2 aromatic rings. The Kier molecular flexibility index (Phi) is 5.91. The van der Waals surface area contributed by atoms with Gasteiger partial charge < -0.3 is 30.9 Å². The normalized spacial score (nSPS) is 25.0. The molecule has 1 aromatic heterocycles. The number of nitrogen functional groups attached to an aromatic ring is 1. The molecule has 1 aliphatic rings. The van der Waals surface area contributed by atoms with Crippen LogP contribution in [0.25, 0.3) is 11.3 Å². The van der Waals surface area contributed by atoms with Crippen molar-refractivity contribution in [1.29, 1.82) is 0 Å². The Hall–Kier alpha value is -2.26. The molecular formula is C19H25N3O5. The summed E-state index contributed by atoms with van der Waals surface area (Å²) in [6.45, 7) is 1.62. The average molecular weight is 375 g/mol. The number of aromatic nitrogens is 2. The highest BCUT2D eigenvalue weighted by molar-refractivity contribution is 5.78. The maximum Gasteiger partial charge on any atom is 0.161 e. The fourth-order valence-corrected chi connectivity index (χ4v) is 3.19. The Balaban J connectivity index is 2.09. The fourth-order valence-electron chi connectivity index (χ4n) is 3.19. The van der Waals surface area contributed by atoms with Crippen molar-refractivity contribution in [2.45, 2.75) is 50.6 Å². The highest BCUT2D eigenvalue weighted by Crippen LogP contribution is 2.37. The molecule has 0 aliphatic carbocycles. The van der Waals surface area contributed by atoms with E-state index in [-0.39, 0.29) is 11.6 Å². The number of ether oxygens (including phenoxy) is 1. The van der Waals surface area contributed by atoms with Crippen molar-refractivity contribution in [2.75, 3.05) is 12.3 Å². The number of phenols is 1. The first-order valence-electron chi connectivity index (χ1n) is 9.05. The van der Waals surface area contributed by atoms with Crippen molar-refractivity contribution in [2.24, 2.45) is 0 Å². The second-order valence-electron chi connectivity index (χ2n) is 6.67. The molecule has 0 radical (unpaired) electrons. The number of phenolic OH excluding ortho intramolecular Hbond substituents is 1. The van der Waals surface area contributed by atoms with Gasteiger partial charge >= 0.3 is 0 Å². The monoisotopic (exact) mass is 375 g/mol. The third kappa shape index (κ3) is 3.74. The van der Waals surface area contributed by atoms with E-state index < -0.39 is 31.0 Å². The number of rotatable bonds is 6. The quantitative estimate of drug-likeness (QED) is 0.502. The summed E-state index contributed by atoms with van der Waals surface area (Å²) in [7, 11) is 0. The highest BCUT2D eigenvalue weighted by atomic mass is 16.6. The Morgan fingerprint density at radius 2 is 1.89 bits per heavy atom. The van der Waals surface area contributed by atoms with E-state index in [1.165, 1.54) is 6.07 Å². The molecule has 27 heavy (non-hydrogen) atoms. The predicted molar refractivity (Wildman–Crippen MR) is 98.9 cm³/mol. The minimum absolute atomic E-state index is 0.0245. The Bertz CT molecular complexity index is 801. The first-order chi connectivity index (χ1) is 13.0. The molecule has 6 N–H and O–H groups in total. The number of aliphatic hydroxyl groups excluding tert-OH is 3. The van der Waals surface area contributed by atoms with E-state index in [1.54, 1.807) is 18.2 Å². The summed E-state index contributed by atoms with van der Waals surface area (Å²) in [4.78, 5) is 8.90. The van der Waals surface area contributed by atoms with E-state index >= 15 is 0 Å². The molecule has 0 bridgehead atoms. The van der Waals surface area contributed by atoms with Crippen molar-refractivity contribution in [1.82, 2.24) is 9.97 Å². The van der Waals surface area contributed by atoms with E-state index in [4.69, 9.17) is 10.5 Å². The zero-order valence-electron chi connectivity index (χ0n) is 15.1. The molecule has 8 heteroatoms. The van der Waals surface area contributed by atoms with E-state index in [0.717, 1.165) is 12.8 Å². The first-order valence-corrected chi connectivity index (χ1v) is 9.05. The molecule has 8 nitrogen and oxygen atoms in total. The molecule has 2 heterocycles. The smallest absolute Gasteiger partial charge is 0.161 e. The molecule has 4 atom stereocenters. The van der Waals surface area contributed by atoms with Crippen molar-refractivity contribution in [3.05, 3.63) is 35.8 Å². The molecule has 1 fully saturated rings. The Morgan fingerprint density at radius 3 is 2.52 bits per heavy atom. The number of anilines is 1. The van der Waals surface area contributed by atoms with Crippen LogP contribution in [-0.2, 0) is 11.2 Å². The maximum absolute atomic E-state index is 10.3. The fraction of sp³-hybridized carbons (Fsp3) is 0.474. The first kappa shape index (κ1) is 19.5. The lowest BCUT2D eigenvalue weighted by Crippen LogP contribution is -2.32. The van der Waals surface area contributed by atoms with Gasteiger partial charge in [-0.2, -0.15) is 0 Å². The number of aromatic hydroxyl groups is 1. The molecule has 0 saturated carbocycles. The van der Waals surface area contributed by atoms with Gasteiger partial charge in [0.15, 0.2) is 5.82 Å². The van der Waals surface area contributed by atoms with E-state index in [1.807, 2.05) is 6.92 Å². The van der Waals surface area contributed by atoms with Crippen LogP contribution in [0.5, 0.6) is 5.75 Å². The third-order valence-corrected chi connectivity index (χ3v) is 4.77. The molecule has 0 unspecified atom stereocenters. The number of unbranched alkanes of at least 4 members (excludes halogenated alkanes) is 1. The van der Waals surface area contributed by atoms with Crippen LogP contribution in [0.1, 0.15) is 37.4 Å². The number of nitrogens with zero attached hydrogens (tertiary/aromatic N) is 2. The van der Waals surface area contributed by atoms with Gasteiger partial charge in [-0.05, 0) is 25.0 Å². The summed E-state index contributed by atoms with van der Waals surface area (Å²) >= 11 is 0. The van der Waals surface area contributed by atoms with E-state index in [9.17, 15) is 20.4 Å². The molecule has 1 aliphatic heterocycles. The number of para-hydroxylation sites is 1. The highest BCUT2D eigenvalue weighted by Gasteiger charge is 2.44. The van der Waals surface area contributed by atoms with Gasteiger partial charge in [-0.25, -0.2) is 9.97 Å². The summed E-state index contributed by atoms with van der Waals surface area (Å²) in [5, 5.41) is 39.9. The number of aryl methyl sites for hydroxylation is 1. The van der Waals surface area contributed by atoms with Gasteiger partial charge in [-0.15, -0.1) is 0 Å². The molecule has 0 spiro atoms. The minimum atomic E-state index is -1.28. The predicted octanol–water partition coefficient (Wildman–Crippen LogP) is 0.928. The second-order valence-corrected chi connectivity index (χ2v) is 6.67. The third-order valence-electron chi connectivity index (χ3n) is 4.77. The Labute approximate surface area is 157 Å². The van der Waals surface area contributed by atoms with Crippen LogP contribution in [0, 0.1) is 0 Å². The van der Waals surface area contributed by atoms with E-state index in [0.29, 0.717) is 29.1 Å². The topological polar surface area (TPSA) is 142 Å². The molecular weight excluding hydrogens is 350 g/mol. The summed E-state index contributed by atoms with van der Waals surface area (Å²) in [5.41, 5.74) is 8.03. The lowest BCUT2D eigenvalue weighted by Gasteiger charge is -2.18. The van der Waals surface area contributed by atoms with Gasteiger partial charge in [0.2, 0.25) is 0 Å². The van der Waals surface area contributed by atoms with Gasteiger partial charge in [0.05, 0.1) is 18.0 Å². The van der Waals surface area contributed by atoms with Gasteiger partial charge in [0.1, 0.15) is 35.9 Å². The molecule has 146 valence electrons. The summed E-state index contributed by atoms with van der Waals surface area (Å²) < 4.78 is 5.56. The van der Waals surface area contributed by atoms with Crippen molar-refractivity contribution >= 4 is 5.69 Å². The van der Waals surface area contributed by atoms with Gasteiger partial charge in [-0.1, -0.05) is 25.5 Å². The largest absolute Gasteiger partial charge is 0.507 e. The molecule has 0 amide bonds. The number of hydrogen-bond acceptors (Lipinski definition) is 8. The minimum Gasteiger partial charge on any atom is -0.507 e. The van der Waals surface area contributed by atoms with Crippen LogP contribution < -0.4 is 5.73 Å². The lowest BCUT2D eigenvalue weighted by atomic mass is 10.0. The van der Waals surface area contributed by atoms with Gasteiger partial charge in [-0.3, -0.25) is 0 Å². The molecule has 1 saturated heterocycles. The van der Waals surface area contributed by atoms with Gasteiger partial charge in [0, 0.05) is 5.56 Å². The Morgan fingerprint density at radius 1 is 1.15 bits per heavy atom. The SMILES string of the molecule is CCCCc1nc([C@@H]2O[C@H](CO)[C@@H](O)[C@H]2O)nc(-c2ccccc2O)c1N. The summed E-state index contributed by atoms with van der Waals surface area (Å²) in [6.07, 6.45) is -2.03. The van der Waals surface area contributed by atoms with Crippen LogP contribution in [-0.4, -0.2) is 55.3 Å². The summed E-state index contributed by atoms with van der Waals surface area (Å²) in [6, 6.07) is 6.68. The zero-order valence-corrected chi connectivity index (χ0v) is 15.1. The number of hydrogen-bond donors (Lipinski definition) is 5. The number of nitrogens with two attached hydrogens (primary N) is 1. The van der Waals surface area contributed by atoms with Crippen LogP contribution in [0.4, 0.5) is 5.69 Å². The van der Waals surface area contributed by atoms with Crippen LogP contribution >= 0.6 is 0 Å². The molecule has 1 aromatic carbocycles. The number of aliphatic hydroxyl groups is 3. The van der Waals surface area contributed by atoms with Crippen LogP contribution in [0.3, 0.4) is 0 Å². The van der Waals surface area contributed by atoms with Crippen molar-refractivity contribution < 1.29 is 25.2 Å². The lowest BCUT2D eigenvalue weighted by molar-refractivity contribution is -0.0253. The van der Waals surface area contributed by atoms with E-state index in [2.05, 4.69) is 9.97 Å². The van der Waals surface area contributed by atoms with Crippen LogP contribution in [0.15, 0.2) is 24.3 Å². The number of benzene rings is 1. The summed E-state index contributed by atoms with van der Waals surface area (Å²) in [5.74, 6) is 0.188. The maximum atomic E-state index is 10.3. The second kappa shape index (κ2) is 8.18. The average Bonchev–Trinajstić information content (AvgIpc) is 2.96. The van der Waals surface area contributed by atoms with Crippen molar-refractivity contribution in [3.8, 4) is 17.0 Å².